The standard InChI is InChI=1S/C20H34O3/c1-18(2,3)23-17-9-8-16-7-6-15(14-19(16,17)4)10-11-20(5)21-12-13-22-20/h6,16-17H,7-14H2,1-5H3/t16-,17+,19+/m1/s1. The minimum absolute atomic E-state index is 0.0527. The predicted molar refractivity (Wildman–Crippen MR) is 92.3 cm³/mol. The third-order valence-corrected chi connectivity index (χ3v) is 6.04. The molecule has 0 amide bonds. The van der Waals surface area contributed by atoms with Crippen LogP contribution in [0.2, 0.25) is 0 Å². The lowest BCUT2D eigenvalue weighted by Gasteiger charge is -2.43. The molecule has 0 bridgehead atoms. The Labute approximate surface area is 141 Å². The summed E-state index contributed by atoms with van der Waals surface area (Å²) in [6.45, 7) is 12.5. The largest absolute Gasteiger partial charge is 0.372 e. The Kier molecular flexibility index (Phi) is 4.67. The highest BCUT2D eigenvalue weighted by molar-refractivity contribution is 5.16. The van der Waals surface area contributed by atoms with Crippen LogP contribution in [0.25, 0.3) is 0 Å². The fourth-order valence-corrected chi connectivity index (χ4v) is 4.69. The molecular formula is C20H34O3. The summed E-state index contributed by atoms with van der Waals surface area (Å²) in [6.07, 6.45) is 9.85. The highest BCUT2D eigenvalue weighted by atomic mass is 16.7. The highest BCUT2D eigenvalue weighted by Gasteiger charge is 2.49. The second-order valence-electron chi connectivity index (χ2n) is 9.10. The molecule has 2 fully saturated rings. The second kappa shape index (κ2) is 6.16. The van der Waals surface area contributed by atoms with Gasteiger partial charge in [0.05, 0.1) is 24.9 Å². The van der Waals surface area contributed by atoms with Crippen molar-refractivity contribution in [2.75, 3.05) is 13.2 Å². The zero-order valence-corrected chi connectivity index (χ0v) is 15.6. The predicted octanol–water partition coefficient (Wildman–Crippen LogP) is 4.85. The van der Waals surface area contributed by atoms with E-state index in [0.29, 0.717) is 11.5 Å². The van der Waals surface area contributed by atoms with Gasteiger partial charge in [-0.2, -0.15) is 0 Å². The Morgan fingerprint density at radius 1 is 1.17 bits per heavy atom. The molecule has 0 N–H and O–H groups in total. The molecule has 0 aromatic carbocycles. The van der Waals surface area contributed by atoms with Gasteiger partial charge in [0.15, 0.2) is 5.79 Å². The molecule has 3 rings (SSSR count). The second-order valence-corrected chi connectivity index (χ2v) is 9.10. The molecule has 1 aliphatic heterocycles. The summed E-state index contributed by atoms with van der Waals surface area (Å²) in [7, 11) is 0. The van der Waals surface area contributed by atoms with Crippen molar-refractivity contribution in [1.29, 1.82) is 0 Å². The SMILES string of the molecule is CC(C)(C)O[C@H]1CC[C@H]2CC=C(CCC3(C)OCCO3)C[C@@]21C. The van der Waals surface area contributed by atoms with Crippen molar-refractivity contribution in [1.82, 2.24) is 0 Å². The van der Waals surface area contributed by atoms with Gasteiger partial charge >= 0.3 is 0 Å². The van der Waals surface area contributed by atoms with Crippen molar-refractivity contribution < 1.29 is 14.2 Å². The Bertz CT molecular complexity index is 456. The summed E-state index contributed by atoms with van der Waals surface area (Å²) in [5, 5.41) is 0. The van der Waals surface area contributed by atoms with E-state index in [1.807, 2.05) is 0 Å². The van der Waals surface area contributed by atoms with E-state index >= 15 is 0 Å². The molecule has 132 valence electrons. The first-order valence-corrected chi connectivity index (χ1v) is 9.34. The number of fused-ring (bicyclic) bond motifs is 1. The number of rotatable bonds is 4. The molecule has 3 nitrogen and oxygen atoms in total. The normalized spacial score (nSPS) is 36.8. The van der Waals surface area contributed by atoms with Gasteiger partial charge in [-0.25, -0.2) is 0 Å². The Morgan fingerprint density at radius 2 is 1.87 bits per heavy atom. The van der Waals surface area contributed by atoms with Gasteiger partial charge in [-0.3, -0.25) is 0 Å². The van der Waals surface area contributed by atoms with Crippen LogP contribution in [0.1, 0.15) is 73.1 Å². The molecule has 3 aliphatic rings. The topological polar surface area (TPSA) is 27.7 Å². The quantitative estimate of drug-likeness (QED) is 0.693. The summed E-state index contributed by atoms with van der Waals surface area (Å²) < 4.78 is 18.0. The minimum atomic E-state index is -0.365. The molecule has 1 heterocycles. The van der Waals surface area contributed by atoms with E-state index in [-0.39, 0.29) is 11.4 Å². The van der Waals surface area contributed by atoms with Crippen molar-refractivity contribution in [3.8, 4) is 0 Å². The molecule has 3 heteroatoms. The average molecular weight is 322 g/mol. The van der Waals surface area contributed by atoms with Gasteiger partial charge < -0.3 is 14.2 Å². The molecule has 0 radical (unpaired) electrons. The van der Waals surface area contributed by atoms with Crippen LogP contribution in [0.5, 0.6) is 0 Å². The van der Waals surface area contributed by atoms with Gasteiger partial charge in [-0.15, -0.1) is 0 Å². The number of hydrogen-bond acceptors (Lipinski definition) is 3. The third kappa shape index (κ3) is 3.83. The van der Waals surface area contributed by atoms with Crippen molar-refractivity contribution in [2.24, 2.45) is 11.3 Å². The summed E-state index contributed by atoms with van der Waals surface area (Å²) in [6, 6.07) is 0. The first kappa shape index (κ1) is 17.4. The summed E-state index contributed by atoms with van der Waals surface area (Å²) >= 11 is 0. The van der Waals surface area contributed by atoms with Gasteiger partial charge in [0.25, 0.3) is 0 Å². The number of hydrogen-bond donors (Lipinski definition) is 0. The molecule has 3 atom stereocenters. The molecule has 1 saturated heterocycles. The first-order valence-electron chi connectivity index (χ1n) is 9.34. The van der Waals surface area contributed by atoms with E-state index in [0.717, 1.165) is 32.0 Å². The van der Waals surface area contributed by atoms with Crippen LogP contribution >= 0.6 is 0 Å². The summed E-state index contributed by atoms with van der Waals surface area (Å²) in [5.41, 5.74) is 1.83. The van der Waals surface area contributed by atoms with E-state index in [1.54, 1.807) is 5.57 Å². The molecule has 0 spiro atoms. The van der Waals surface area contributed by atoms with Crippen LogP contribution in [0.4, 0.5) is 0 Å². The van der Waals surface area contributed by atoms with Crippen molar-refractivity contribution in [2.45, 2.75) is 90.6 Å². The monoisotopic (exact) mass is 322 g/mol. The maximum atomic E-state index is 6.44. The fourth-order valence-electron chi connectivity index (χ4n) is 4.69. The highest BCUT2D eigenvalue weighted by Crippen LogP contribution is 2.54. The van der Waals surface area contributed by atoms with Crippen LogP contribution < -0.4 is 0 Å². The van der Waals surface area contributed by atoms with Crippen LogP contribution in [-0.4, -0.2) is 30.7 Å². The number of ether oxygens (including phenoxy) is 3. The molecule has 1 saturated carbocycles. The third-order valence-electron chi connectivity index (χ3n) is 6.04. The van der Waals surface area contributed by atoms with Crippen LogP contribution in [0.3, 0.4) is 0 Å². The first-order chi connectivity index (χ1) is 10.7. The van der Waals surface area contributed by atoms with E-state index in [1.165, 1.54) is 25.7 Å². The average Bonchev–Trinajstić information content (AvgIpc) is 3.00. The van der Waals surface area contributed by atoms with Gasteiger partial charge in [-0.05, 0) is 65.7 Å². The van der Waals surface area contributed by atoms with Crippen LogP contribution in [0, 0.1) is 11.3 Å². The zero-order valence-electron chi connectivity index (χ0n) is 15.6. The Morgan fingerprint density at radius 3 is 2.52 bits per heavy atom. The molecule has 23 heavy (non-hydrogen) atoms. The van der Waals surface area contributed by atoms with E-state index in [9.17, 15) is 0 Å². The van der Waals surface area contributed by atoms with Crippen LogP contribution in [-0.2, 0) is 14.2 Å². The molecular weight excluding hydrogens is 288 g/mol. The lowest BCUT2D eigenvalue weighted by atomic mass is 9.68. The minimum Gasteiger partial charge on any atom is -0.372 e. The maximum Gasteiger partial charge on any atom is 0.166 e. The van der Waals surface area contributed by atoms with E-state index in [4.69, 9.17) is 14.2 Å². The Hall–Kier alpha value is -0.380. The number of allylic oxidation sites excluding steroid dienone is 2. The van der Waals surface area contributed by atoms with Gasteiger partial charge in [-0.1, -0.05) is 18.6 Å². The lowest BCUT2D eigenvalue weighted by molar-refractivity contribution is -0.146. The van der Waals surface area contributed by atoms with E-state index in [2.05, 4.69) is 40.7 Å². The Balaban J connectivity index is 1.63. The van der Waals surface area contributed by atoms with Crippen molar-refractivity contribution in [3.63, 3.8) is 0 Å². The summed E-state index contributed by atoms with van der Waals surface area (Å²) in [4.78, 5) is 0. The van der Waals surface area contributed by atoms with Gasteiger partial charge in [0.2, 0.25) is 0 Å². The van der Waals surface area contributed by atoms with Crippen molar-refractivity contribution >= 4 is 0 Å². The fraction of sp³-hybridized carbons (Fsp3) is 0.900. The zero-order chi connectivity index (χ0) is 16.7. The van der Waals surface area contributed by atoms with Gasteiger partial charge in [0.1, 0.15) is 0 Å². The lowest BCUT2D eigenvalue weighted by Crippen LogP contribution is -2.40. The molecule has 2 aliphatic carbocycles. The molecule has 0 aromatic heterocycles. The molecule has 0 aromatic rings. The van der Waals surface area contributed by atoms with Crippen LogP contribution in [0.15, 0.2) is 11.6 Å². The molecule has 0 unspecified atom stereocenters. The maximum absolute atomic E-state index is 6.44. The van der Waals surface area contributed by atoms with E-state index < -0.39 is 0 Å². The van der Waals surface area contributed by atoms with Gasteiger partial charge in [0, 0.05) is 11.8 Å². The van der Waals surface area contributed by atoms with Crippen molar-refractivity contribution in [3.05, 3.63) is 11.6 Å². The smallest absolute Gasteiger partial charge is 0.166 e. The summed E-state index contributed by atoms with van der Waals surface area (Å²) in [5.74, 6) is 0.420.